The van der Waals surface area contributed by atoms with Gasteiger partial charge in [0.15, 0.2) is 0 Å². The molecule has 2 amide bonds. The van der Waals surface area contributed by atoms with Gasteiger partial charge in [-0.2, -0.15) is 0 Å². The molecule has 3 aliphatic rings. The average Bonchev–Trinajstić information content (AvgIpc) is 2.63. The van der Waals surface area contributed by atoms with Crippen LogP contribution in [0.15, 0.2) is 23.1 Å². The molecule has 3 saturated heterocycles. The molecule has 0 aliphatic carbocycles. The maximum Gasteiger partial charge on any atom is 0.252 e. The van der Waals surface area contributed by atoms with E-state index in [1.165, 1.54) is 18.3 Å². The van der Waals surface area contributed by atoms with Gasteiger partial charge in [0.05, 0.1) is 11.6 Å². The van der Waals surface area contributed by atoms with Crippen LogP contribution >= 0.6 is 0 Å². The molecule has 4 atom stereocenters. The van der Waals surface area contributed by atoms with Crippen LogP contribution in [0.25, 0.3) is 0 Å². The average molecular weight is 344 g/mol. The molecule has 25 heavy (non-hydrogen) atoms. The highest BCUT2D eigenvalue weighted by molar-refractivity contribution is 5.93. The molecule has 0 spiro atoms. The van der Waals surface area contributed by atoms with E-state index in [1.54, 1.807) is 0 Å². The summed E-state index contributed by atoms with van der Waals surface area (Å²) in [6, 6.07) is 3.21. The SMILES string of the molecule is O=C(NC[C@H]1[C@@H]2CNC[C@@H](C2)[C@@H]2CCCC(=O)N21)c1ccc(=O)[nH]c1. The van der Waals surface area contributed by atoms with Gasteiger partial charge < -0.3 is 20.5 Å². The fourth-order valence-corrected chi connectivity index (χ4v) is 4.75. The number of H-pyrrole nitrogens is 1. The van der Waals surface area contributed by atoms with Crippen molar-refractivity contribution in [2.24, 2.45) is 11.8 Å². The molecule has 1 aromatic rings. The lowest BCUT2D eigenvalue weighted by Crippen LogP contribution is -2.66. The number of aromatic amines is 1. The predicted octanol–water partition coefficient (Wildman–Crippen LogP) is 0.0937. The molecule has 3 aliphatic heterocycles. The molecule has 7 nitrogen and oxygen atoms in total. The molecule has 0 radical (unpaired) electrons. The van der Waals surface area contributed by atoms with Crippen LogP contribution in [-0.4, -0.2) is 53.4 Å². The van der Waals surface area contributed by atoms with Crippen LogP contribution in [0.3, 0.4) is 0 Å². The Hall–Kier alpha value is -2.15. The summed E-state index contributed by atoms with van der Waals surface area (Å²) in [6.07, 6.45) is 5.20. The van der Waals surface area contributed by atoms with Gasteiger partial charge in [0.2, 0.25) is 11.5 Å². The zero-order chi connectivity index (χ0) is 17.4. The van der Waals surface area contributed by atoms with Crippen molar-refractivity contribution in [3.05, 3.63) is 34.2 Å². The van der Waals surface area contributed by atoms with E-state index >= 15 is 0 Å². The smallest absolute Gasteiger partial charge is 0.252 e. The number of nitrogens with one attached hydrogen (secondary N) is 3. The first-order chi connectivity index (χ1) is 12.1. The zero-order valence-electron chi connectivity index (χ0n) is 14.2. The molecule has 1 aromatic heterocycles. The summed E-state index contributed by atoms with van der Waals surface area (Å²) >= 11 is 0. The summed E-state index contributed by atoms with van der Waals surface area (Å²) < 4.78 is 0. The minimum absolute atomic E-state index is 0.0496. The Morgan fingerprint density at radius 1 is 1.24 bits per heavy atom. The monoisotopic (exact) mass is 344 g/mol. The highest BCUT2D eigenvalue weighted by atomic mass is 16.2. The first-order valence-corrected chi connectivity index (χ1v) is 9.12. The largest absolute Gasteiger partial charge is 0.350 e. The Morgan fingerprint density at radius 2 is 2.08 bits per heavy atom. The second kappa shape index (κ2) is 6.63. The molecular weight excluding hydrogens is 320 g/mol. The van der Waals surface area contributed by atoms with Gasteiger partial charge in [0.1, 0.15) is 0 Å². The Morgan fingerprint density at radius 3 is 2.88 bits per heavy atom. The topological polar surface area (TPSA) is 94.3 Å². The Kier molecular flexibility index (Phi) is 4.33. The summed E-state index contributed by atoms with van der Waals surface area (Å²) in [5.41, 5.74) is 0.196. The quantitative estimate of drug-likeness (QED) is 0.725. The molecule has 0 saturated carbocycles. The van der Waals surface area contributed by atoms with Crippen molar-refractivity contribution in [1.29, 1.82) is 0 Å². The second-order valence-corrected chi connectivity index (χ2v) is 7.39. The summed E-state index contributed by atoms with van der Waals surface area (Å²) in [4.78, 5) is 40.7. The van der Waals surface area contributed by atoms with Crippen LogP contribution in [-0.2, 0) is 4.79 Å². The van der Waals surface area contributed by atoms with Gasteiger partial charge in [-0.1, -0.05) is 0 Å². The number of carbonyl (C=O) groups is 2. The molecular formula is C18H24N4O3. The zero-order valence-corrected chi connectivity index (χ0v) is 14.2. The highest BCUT2D eigenvalue weighted by Gasteiger charge is 2.47. The molecule has 0 unspecified atom stereocenters. The number of hydrogen-bond acceptors (Lipinski definition) is 4. The lowest BCUT2D eigenvalue weighted by Gasteiger charge is -2.54. The van der Waals surface area contributed by atoms with E-state index in [2.05, 4.69) is 20.5 Å². The number of rotatable bonds is 3. The third-order valence-corrected chi connectivity index (χ3v) is 5.92. The number of nitrogens with zero attached hydrogens (tertiary/aromatic N) is 1. The molecule has 4 heterocycles. The van der Waals surface area contributed by atoms with Crippen molar-refractivity contribution >= 4 is 11.8 Å². The number of hydrogen-bond donors (Lipinski definition) is 3. The van der Waals surface area contributed by atoms with Crippen molar-refractivity contribution < 1.29 is 9.59 Å². The Bertz CT molecular complexity index is 711. The van der Waals surface area contributed by atoms with Crippen LogP contribution in [0.2, 0.25) is 0 Å². The Balaban J connectivity index is 1.49. The normalized spacial score (nSPS) is 31.4. The van der Waals surface area contributed by atoms with E-state index in [4.69, 9.17) is 0 Å². The van der Waals surface area contributed by atoms with Crippen molar-refractivity contribution in [3.8, 4) is 0 Å². The van der Waals surface area contributed by atoms with Crippen molar-refractivity contribution in [3.63, 3.8) is 0 Å². The van der Waals surface area contributed by atoms with Crippen LogP contribution < -0.4 is 16.2 Å². The Labute approximate surface area is 146 Å². The first-order valence-electron chi connectivity index (χ1n) is 9.12. The van der Waals surface area contributed by atoms with E-state index in [-0.39, 0.29) is 23.4 Å². The summed E-state index contributed by atoms with van der Waals surface area (Å²) in [5, 5.41) is 6.46. The van der Waals surface area contributed by atoms with Gasteiger partial charge in [-0.25, -0.2) is 0 Å². The van der Waals surface area contributed by atoms with Gasteiger partial charge in [0.25, 0.3) is 5.91 Å². The highest BCUT2D eigenvalue weighted by Crippen LogP contribution is 2.39. The van der Waals surface area contributed by atoms with Gasteiger partial charge >= 0.3 is 0 Å². The van der Waals surface area contributed by atoms with Gasteiger partial charge in [-0.15, -0.1) is 0 Å². The van der Waals surface area contributed by atoms with E-state index < -0.39 is 0 Å². The van der Waals surface area contributed by atoms with Crippen LogP contribution in [0.5, 0.6) is 0 Å². The third-order valence-electron chi connectivity index (χ3n) is 5.92. The fourth-order valence-electron chi connectivity index (χ4n) is 4.75. The van der Waals surface area contributed by atoms with E-state index in [0.29, 0.717) is 36.4 Å². The lowest BCUT2D eigenvalue weighted by molar-refractivity contribution is -0.148. The molecule has 134 valence electrons. The molecule has 2 bridgehead atoms. The molecule has 0 aromatic carbocycles. The summed E-state index contributed by atoms with van der Waals surface area (Å²) in [5.74, 6) is 0.932. The maximum atomic E-state index is 12.6. The van der Waals surface area contributed by atoms with Crippen LogP contribution in [0.1, 0.15) is 36.0 Å². The van der Waals surface area contributed by atoms with E-state index in [1.807, 2.05) is 0 Å². The van der Waals surface area contributed by atoms with E-state index in [9.17, 15) is 14.4 Å². The van der Waals surface area contributed by atoms with Crippen LogP contribution in [0.4, 0.5) is 0 Å². The molecule has 4 rings (SSSR count). The number of fused-ring (bicyclic) bond motifs is 4. The van der Waals surface area contributed by atoms with E-state index in [0.717, 1.165) is 32.4 Å². The number of amides is 2. The fraction of sp³-hybridized carbons (Fsp3) is 0.611. The number of pyridine rings is 1. The number of carbonyl (C=O) groups excluding carboxylic acids is 2. The standard InChI is InChI=1S/C18H24N4O3/c23-16-5-4-11(9-20-16)18(25)21-10-15-13-6-12(7-19-8-13)14-2-1-3-17(24)22(14)15/h4-5,9,12-15,19H,1-3,6-8,10H2,(H,20,23)(H,21,25)/t12-,13+,14+,15+/m1/s1. The summed E-state index contributed by atoms with van der Waals surface area (Å²) in [7, 11) is 0. The van der Waals surface area contributed by atoms with Crippen molar-refractivity contribution in [1.82, 2.24) is 20.5 Å². The van der Waals surface area contributed by atoms with Crippen molar-refractivity contribution in [2.75, 3.05) is 19.6 Å². The second-order valence-electron chi connectivity index (χ2n) is 7.39. The molecule has 7 heteroatoms. The number of aromatic nitrogens is 1. The van der Waals surface area contributed by atoms with Gasteiger partial charge in [-0.05, 0) is 43.7 Å². The molecule has 3 fully saturated rings. The maximum absolute atomic E-state index is 12.6. The predicted molar refractivity (Wildman–Crippen MR) is 92.1 cm³/mol. The first kappa shape index (κ1) is 16.3. The number of piperidine rings is 3. The lowest BCUT2D eigenvalue weighted by atomic mass is 9.72. The third kappa shape index (κ3) is 3.08. The molecule has 3 N–H and O–H groups in total. The minimum atomic E-state index is -0.232. The van der Waals surface area contributed by atoms with Gasteiger partial charge in [0, 0.05) is 37.8 Å². The van der Waals surface area contributed by atoms with Crippen LogP contribution in [0, 0.1) is 11.8 Å². The summed E-state index contributed by atoms with van der Waals surface area (Å²) in [6.45, 7) is 2.34. The van der Waals surface area contributed by atoms with Crippen molar-refractivity contribution in [2.45, 2.75) is 37.8 Å². The van der Waals surface area contributed by atoms with Gasteiger partial charge in [-0.3, -0.25) is 14.4 Å². The minimum Gasteiger partial charge on any atom is -0.350 e.